The molecule has 3 rings (SSSR count). The molecule has 0 radical (unpaired) electrons. The lowest BCUT2D eigenvalue weighted by Gasteiger charge is -2.28. The molecule has 1 aliphatic rings. The molecule has 0 saturated carbocycles. The van der Waals surface area contributed by atoms with E-state index in [4.69, 9.17) is 11.6 Å². The Bertz CT molecular complexity index is 588. The highest BCUT2D eigenvalue weighted by Crippen LogP contribution is 2.21. The average molecular weight is 280 g/mol. The number of aliphatic hydroxyl groups excluding tert-OH is 1. The fourth-order valence-electron chi connectivity index (χ4n) is 2.64. The number of halogens is 1. The van der Waals surface area contributed by atoms with Crippen LogP contribution >= 0.6 is 11.6 Å². The van der Waals surface area contributed by atoms with Gasteiger partial charge in [-0.25, -0.2) is 4.98 Å². The maximum Gasteiger partial charge on any atom is 0.123 e. The monoisotopic (exact) mass is 279 g/mol. The third kappa shape index (κ3) is 2.61. The summed E-state index contributed by atoms with van der Waals surface area (Å²) in [4.78, 5) is 7.00. The van der Waals surface area contributed by atoms with Crippen LogP contribution in [-0.4, -0.2) is 38.8 Å². The van der Waals surface area contributed by atoms with Crippen LogP contribution in [0.25, 0.3) is 11.0 Å². The average Bonchev–Trinajstić information content (AvgIpc) is 2.68. The van der Waals surface area contributed by atoms with Gasteiger partial charge in [0.15, 0.2) is 0 Å². The molecule has 0 aliphatic carbocycles. The Kier molecular flexibility index (Phi) is 3.48. The second-order valence-corrected chi connectivity index (χ2v) is 5.66. The summed E-state index contributed by atoms with van der Waals surface area (Å²) in [5.41, 5.74) is 2.05. The predicted molar refractivity (Wildman–Crippen MR) is 76.2 cm³/mol. The summed E-state index contributed by atoms with van der Waals surface area (Å²) in [5.74, 6) is 1.05. The Labute approximate surface area is 117 Å². The lowest BCUT2D eigenvalue weighted by molar-refractivity contribution is 0.0777. The van der Waals surface area contributed by atoms with Gasteiger partial charge in [0.1, 0.15) is 5.82 Å². The molecule has 1 N–H and O–H groups in total. The number of imidazole rings is 1. The second kappa shape index (κ2) is 5.12. The van der Waals surface area contributed by atoms with Gasteiger partial charge in [-0.15, -0.1) is 0 Å². The van der Waals surface area contributed by atoms with Crippen LogP contribution in [0.1, 0.15) is 18.7 Å². The summed E-state index contributed by atoms with van der Waals surface area (Å²) in [5, 5.41) is 10.3. The molecule has 1 fully saturated rings. The SMILES string of the molecule is Cn1c(CN2CCC(O)CC2)nc2cc(Cl)ccc21. The fraction of sp³-hybridized carbons (Fsp3) is 0.500. The number of aliphatic hydroxyl groups is 1. The van der Waals surface area contributed by atoms with Gasteiger partial charge in [0.25, 0.3) is 0 Å². The lowest BCUT2D eigenvalue weighted by atomic mass is 10.1. The van der Waals surface area contributed by atoms with Gasteiger partial charge < -0.3 is 9.67 Å². The molecule has 0 amide bonds. The highest BCUT2D eigenvalue weighted by Gasteiger charge is 2.19. The summed E-state index contributed by atoms with van der Waals surface area (Å²) in [6, 6.07) is 5.81. The summed E-state index contributed by atoms with van der Waals surface area (Å²) in [7, 11) is 2.04. The van der Waals surface area contributed by atoms with Crippen LogP contribution in [0.15, 0.2) is 18.2 Å². The van der Waals surface area contributed by atoms with Gasteiger partial charge in [-0.2, -0.15) is 0 Å². The molecule has 0 atom stereocenters. The molecule has 19 heavy (non-hydrogen) atoms. The van der Waals surface area contributed by atoms with E-state index in [9.17, 15) is 5.11 Å². The summed E-state index contributed by atoms with van der Waals surface area (Å²) in [6.45, 7) is 2.70. The maximum absolute atomic E-state index is 9.53. The number of fused-ring (bicyclic) bond motifs is 1. The zero-order chi connectivity index (χ0) is 13.4. The maximum atomic E-state index is 9.53. The standard InChI is InChI=1S/C14H18ClN3O/c1-17-13-3-2-10(15)8-12(13)16-14(17)9-18-6-4-11(19)5-7-18/h2-3,8,11,19H,4-7,9H2,1H3. The first-order chi connectivity index (χ1) is 9.13. The van der Waals surface area contributed by atoms with E-state index in [1.165, 1.54) is 0 Å². The molecule has 1 aromatic heterocycles. The number of hydrogen-bond donors (Lipinski definition) is 1. The van der Waals surface area contributed by atoms with E-state index in [0.29, 0.717) is 0 Å². The van der Waals surface area contributed by atoms with E-state index >= 15 is 0 Å². The minimum atomic E-state index is -0.129. The van der Waals surface area contributed by atoms with Crippen molar-refractivity contribution in [2.75, 3.05) is 13.1 Å². The minimum Gasteiger partial charge on any atom is -0.393 e. The quantitative estimate of drug-likeness (QED) is 0.916. The fourth-order valence-corrected chi connectivity index (χ4v) is 2.81. The minimum absolute atomic E-state index is 0.129. The van der Waals surface area contributed by atoms with E-state index in [2.05, 4.69) is 14.5 Å². The molecule has 2 heterocycles. The molecule has 0 spiro atoms. The smallest absolute Gasteiger partial charge is 0.123 e. The molecule has 1 aromatic carbocycles. The van der Waals surface area contributed by atoms with Crippen molar-refractivity contribution in [1.29, 1.82) is 0 Å². The van der Waals surface area contributed by atoms with Gasteiger partial charge in [-0.3, -0.25) is 4.90 Å². The van der Waals surface area contributed by atoms with Crippen molar-refractivity contribution in [2.24, 2.45) is 7.05 Å². The van der Waals surface area contributed by atoms with Crippen LogP contribution in [-0.2, 0) is 13.6 Å². The third-order valence-electron chi connectivity index (χ3n) is 3.86. The van der Waals surface area contributed by atoms with Crippen LogP contribution in [0, 0.1) is 0 Å². The molecule has 5 heteroatoms. The van der Waals surface area contributed by atoms with Crippen molar-refractivity contribution in [1.82, 2.24) is 14.5 Å². The highest BCUT2D eigenvalue weighted by molar-refractivity contribution is 6.31. The molecule has 102 valence electrons. The first-order valence-electron chi connectivity index (χ1n) is 6.65. The van der Waals surface area contributed by atoms with Crippen molar-refractivity contribution in [3.05, 3.63) is 29.0 Å². The predicted octanol–water partition coefficient (Wildman–Crippen LogP) is 2.18. The van der Waals surface area contributed by atoms with Crippen molar-refractivity contribution in [2.45, 2.75) is 25.5 Å². The zero-order valence-electron chi connectivity index (χ0n) is 11.0. The molecule has 0 bridgehead atoms. The van der Waals surface area contributed by atoms with Crippen molar-refractivity contribution >= 4 is 22.6 Å². The van der Waals surface area contributed by atoms with Crippen molar-refractivity contribution < 1.29 is 5.11 Å². The van der Waals surface area contributed by atoms with Crippen LogP contribution in [0.5, 0.6) is 0 Å². The van der Waals surface area contributed by atoms with E-state index in [1.54, 1.807) is 0 Å². The Morgan fingerprint density at radius 2 is 2.11 bits per heavy atom. The number of nitrogens with zero attached hydrogens (tertiary/aromatic N) is 3. The summed E-state index contributed by atoms with van der Waals surface area (Å²) < 4.78 is 2.12. The normalized spacial score (nSPS) is 18.3. The van der Waals surface area contributed by atoms with Gasteiger partial charge >= 0.3 is 0 Å². The van der Waals surface area contributed by atoms with Gasteiger partial charge in [-0.05, 0) is 31.0 Å². The zero-order valence-corrected chi connectivity index (χ0v) is 11.8. The Morgan fingerprint density at radius 3 is 2.84 bits per heavy atom. The Balaban J connectivity index is 1.83. The molecule has 1 aliphatic heterocycles. The van der Waals surface area contributed by atoms with Gasteiger partial charge in [0.05, 0.1) is 23.7 Å². The number of aryl methyl sites for hydroxylation is 1. The van der Waals surface area contributed by atoms with Crippen molar-refractivity contribution in [3.8, 4) is 0 Å². The second-order valence-electron chi connectivity index (χ2n) is 5.23. The van der Waals surface area contributed by atoms with Crippen LogP contribution in [0.4, 0.5) is 0 Å². The van der Waals surface area contributed by atoms with Crippen LogP contribution < -0.4 is 0 Å². The van der Waals surface area contributed by atoms with E-state index < -0.39 is 0 Å². The largest absolute Gasteiger partial charge is 0.393 e. The Morgan fingerprint density at radius 1 is 1.37 bits per heavy atom. The van der Waals surface area contributed by atoms with Crippen LogP contribution in [0.3, 0.4) is 0 Å². The van der Waals surface area contributed by atoms with Crippen molar-refractivity contribution in [3.63, 3.8) is 0 Å². The van der Waals surface area contributed by atoms with Gasteiger partial charge in [0, 0.05) is 25.2 Å². The molecular weight excluding hydrogens is 262 g/mol. The number of benzene rings is 1. The number of likely N-dealkylation sites (tertiary alicyclic amines) is 1. The van der Waals surface area contributed by atoms with Crippen LogP contribution in [0.2, 0.25) is 5.02 Å². The third-order valence-corrected chi connectivity index (χ3v) is 4.09. The first-order valence-corrected chi connectivity index (χ1v) is 7.02. The first kappa shape index (κ1) is 12.9. The molecular formula is C14H18ClN3O. The number of aromatic nitrogens is 2. The molecule has 1 saturated heterocycles. The summed E-state index contributed by atoms with van der Waals surface area (Å²) in [6.07, 6.45) is 1.58. The number of rotatable bonds is 2. The van der Waals surface area contributed by atoms with E-state index in [-0.39, 0.29) is 6.10 Å². The molecule has 4 nitrogen and oxygen atoms in total. The number of hydrogen-bond acceptors (Lipinski definition) is 3. The van der Waals surface area contributed by atoms with E-state index in [1.807, 2.05) is 25.2 Å². The Hall–Kier alpha value is -1.10. The highest BCUT2D eigenvalue weighted by atomic mass is 35.5. The molecule has 0 unspecified atom stereocenters. The topological polar surface area (TPSA) is 41.3 Å². The van der Waals surface area contributed by atoms with Gasteiger partial charge in [0.2, 0.25) is 0 Å². The molecule has 2 aromatic rings. The van der Waals surface area contributed by atoms with E-state index in [0.717, 1.165) is 54.4 Å². The van der Waals surface area contributed by atoms with Gasteiger partial charge in [-0.1, -0.05) is 11.6 Å². The lowest BCUT2D eigenvalue weighted by Crippen LogP contribution is -2.35. The number of piperidine rings is 1. The summed E-state index contributed by atoms with van der Waals surface area (Å²) >= 11 is 6.00.